The first-order chi connectivity index (χ1) is 13.2. The summed E-state index contributed by atoms with van der Waals surface area (Å²) >= 11 is 6.88. The number of ether oxygens (including phenoxy) is 1. The summed E-state index contributed by atoms with van der Waals surface area (Å²) in [7, 11) is -2.38. The monoisotopic (exact) mass is 439 g/mol. The van der Waals surface area contributed by atoms with Crippen LogP contribution in [0.1, 0.15) is 34.1 Å². The molecule has 150 valence electrons. The maximum absolute atomic E-state index is 12.3. The standard InChI is InChI=1S/C18H21N3O4S3/c1-10-3-8-13-14(9-10)27-16(15(13)17(22)25-2)21-18(26)20-11-4-6-12(7-5-11)28(19,23)24/h4-7,10H,3,8-9H2,1-2H3,(H2,19,23,24)(H2,20,21,26). The van der Waals surface area contributed by atoms with Gasteiger partial charge in [-0.2, -0.15) is 0 Å². The molecule has 0 saturated carbocycles. The molecule has 0 spiro atoms. The number of rotatable bonds is 4. The number of sulfonamides is 1. The van der Waals surface area contributed by atoms with Crippen LogP contribution < -0.4 is 15.8 Å². The number of nitrogens with one attached hydrogen (secondary N) is 2. The highest BCUT2D eigenvalue weighted by atomic mass is 32.2. The molecule has 1 heterocycles. The smallest absolute Gasteiger partial charge is 0.341 e. The third-order valence-corrected chi connectivity index (χ3v) is 6.87. The number of hydrogen-bond acceptors (Lipinski definition) is 6. The van der Waals surface area contributed by atoms with Crippen LogP contribution in [0.4, 0.5) is 10.7 Å². The first-order valence-electron chi connectivity index (χ1n) is 8.62. The van der Waals surface area contributed by atoms with Crippen LogP contribution in [0, 0.1) is 5.92 Å². The van der Waals surface area contributed by atoms with Crippen molar-refractivity contribution in [2.24, 2.45) is 11.1 Å². The van der Waals surface area contributed by atoms with E-state index >= 15 is 0 Å². The lowest BCUT2D eigenvalue weighted by atomic mass is 9.88. The van der Waals surface area contributed by atoms with Crippen LogP contribution in [-0.4, -0.2) is 26.6 Å². The van der Waals surface area contributed by atoms with Gasteiger partial charge in [0.15, 0.2) is 5.11 Å². The summed E-state index contributed by atoms with van der Waals surface area (Å²) in [6.07, 6.45) is 2.81. The van der Waals surface area contributed by atoms with E-state index in [1.54, 1.807) is 12.1 Å². The second-order valence-electron chi connectivity index (χ2n) is 6.70. The molecule has 2 aromatic rings. The minimum Gasteiger partial charge on any atom is -0.465 e. The molecular weight excluding hydrogens is 418 g/mol. The summed E-state index contributed by atoms with van der Waals surface area (Å²) in [4.78, 5) is 13.5. The van der Waals surface area contributed by atoms with Gasteiger partial charge >= 0.3 is 5.97 Å². The van der Waals surface area contributed by atoms with Crippen LogP contribution in [-0.2, 0) is 27.6 Å². The van der Waals surface area contributed by atoms with Crippen molar-refractivity contribution in [1.82, 2.24) is 0 Å². The normalized spacial score (nSPS) is 16.2. The van der Waals surface area contributed by atoms with E-state index in [4.69, 9.17) is 22.1 Å². The topological polar surface area (TPSA) is 111 Å². The third-order valence-electron chi connectivity index (χ3n) is 4.57. The maximum Gasteiger partial charge on any atom is 0.341 e. The molecule has 10 heteroatoms. The summed E-state index contributed by atoms with van der Waals surface area (Å²) in [5.74, 6) is 0.196. The molecule has 0 bridgehead atoms. The van der Waals surface area contributed by atoms with Gasteiger partial charge in [0.2, 0.25) is 10.0 Å². The second kappa shape index (κ2) is 8.16. The van der Waals surface area contributed by atoms with Gasteiger partial charge < -0.3 is 15.4 Å². The molecule has 0 radical (unpaired) electrons. The highest BCUT2D eigenvalue weighted by molar-refractivity contribution is 7.89. The number of esters is 1. The number of nitrogens with two attached hydrogens (primary N) is 1. The Morgan fingerprint density at radius 3 is 2.57 bits per heavy atom. The van der Waals surface area contributed by atoms with Crippen LogP contribution in [0.2, 0.25) is 0 Å². The Bertz CT molecular complexity index is 1010. The first-order valence-corrected chi connectivity index (χ1v) is 11.4. The summed E-state index contributed by atoms with van der Waals surface area (Å²) < 4.78 is 27.6. The highest BCUT2D eigenvalue weighted by Gasteiger charge is 2.28. The molecule has 7 nitrogen and oxygen atoms in total. The van der Waals surface area contributed by atoms with Gasteiger partial charge in [0.1, 0.15) is 5.00 Å². The predicted molar refractivity (Wildman–Crippen MR) is 115 cm³/mol. The Hall–Kier alpha value is -2.01. The predicted octanol–water partition coefficient (Wildman–Crippen LogP) is 3.12. The van der Waals surface area contributed by atoms with Gasteiger partial charge in [0, 0.05) is 10.6 Å². The molecule has 1 atom stereocenters. The molecule has 1 unspecified atom stereocenters. The zero-order valence-corrected chi connectivity index (χ0v) is 17.9. The van der Waals surface area contributed by atoms with Crippen molar-refractivity contribution in [3.8, 4) is 0 Å². The maximum atomic E-state index is 12.3. The summed E-state index contributed by atoms with van der Waals surface area (Å²) in [5.41, 5.74) is 2.18. The van der Waals surface area contributed by atoms with Gasteiger partial charge in [-0.1, -0.05) is 6.92 Å². The van der Waals surface area contributed by atoms with Crippen LogP contribution in [0.25, 0.3) is 0 Å². The fraction of sp³-hybridized carbons (Fsp3) is 0.333. The number of anilines is 2. The van der Waals surface area contributed by atoms with E-state index in [2.05, 4.69) is 17.6 Å². The van der Waals surface area contributed by atoms with E-state index in [9.17, 15) is 13.2 Å². The average Bonchev–Trinajstić information content (AvgIpc) is 2.97. The number of thiocarbonyl (C=S) groups is 1. The first kappa shape index (κ1) is 20.7. The SMILES string of the molecule is COC(=O)c1c(NC(=S)Nc2ccc(S(N)(=O)=O)cc2)sc2c1CCC(C)C2. The van der Waals surface area contributed by atoms with Crippen molar-refractivity contribution in [2.45, 2.75) is 31.1 Å². The fourth-order valence-corrected chi connectivity index (χ4v) is 5.35. The van der Waals surface area contributed by atoms with E-state index < -0.39 is 10.0 Å². The van der Waals surface area contributed by atoms with Crippen LogP contribution >= 0.6 is 23.6 Å². The lowest BCUT2D eigenvalue weighted by molar-refractivity contribution is 0.0601. The van der Waals surface area contributed by atoms with Gasteiger partial charge in [-0.05, 0) is 67.2 Å². The number of benzene rings is 1. The Kier molecular flexibility index (Phi) is 6.04. The Morgan fingerprint density at radius 1 is 1.29 bits per heavy atom. The lowest BCUT2D eigenvalue weighted by Gasteiger charge is -2.18. The van der Waals surface area contributed by atoms with Gasteiger partial charge in [-0.15, -0.1) is 11.3 Å². The third kappa shape index (κ3) is 4.52. The molecule has 1 aromatic heterocycles. The number of methoxy groups -OCH3 is 1. The van der Waals surface area contributed by atoms with Crippen LogP contribution in [0.5, 0.6) is 0 Å². The molecular formula is C18H21N3O4S3. The molecule has 3 rings (SSSR count). The van der Waals surface area contributed by atoms with Crippen molar-refractivity contribution in [3.63, 3.8) is 0 Å². The van der Waals surface area contributed by atoms with Gasteiger partial charge in [-0.3, -0.25) is 0 Å². The van der Waals surface area contributed by atoms with Gasteiger partial charge in [0.25, 0.3) is 0 Å². The summed E-state index contributed by atoms with van der Waals surface area (Å²) in [5, 5.41) is 12.1. The number of fused-ring (bicyclic) bond motifs is 1. The van der Waals surface area contributed by atoms with Crippen LogP contribution in [0.15, 0.2) is 29.2 Å². The average molecular weight is 440 g/mol. The summed E-state index contributed by atoms with van der Waals surface area (Å²) in [6, 6.07) is 5.92. The second-order valence-corrected chi connectivity index (χ2v) is 9.77. The summed E-state index contributed by atoms with van der Waals surface area (Å²) in [6.45, 7) is 2.20. The number of carbonyl (C=O) groups is 1. The molecule has 1 aromatic carbocycles. The van der Waals surface area contributed by atoms with E-state index in [0.717, 1.165) is 24.8 Å². The Labute approximate surface area is 173 Å². The number of thiophene rings is 1. The van der Waals surface area contributed by atoms with E-state index in [1.165, 1.54) is 35.5 Å². The minimum absolute atomic E-state index is 0.0185. The number of hydrogen-bond donors (Lipinski definition) is 3. The molecule has 28 heavy (non-hydrogen) atoms. The number of primary sulfonamides is 1. The number of carbonyl (C=O) groups excluding carboxylic acids is 1. The largest absolute Gasteiger partial charge is 0.465 e. The van der Waals surface area contributed by atoms with Gasteiger partial charge in [0.05, 0.1) is 17.6 Å². The molecule has 1 aliphatic carbocycles. The van der Waals surface area contributed by atoms with Crippen molar-refractivity contribution in [1.29, 1.82) is 0 Å². The molecule has 1 aliphatic rings. The Balaban J connectivity index is 1.79. The van der Waals surface area contributed by atoms with Crippen LogP contribution in [0.3, 0.4) is 0 Å². The van der Waals surface area contributed by atoms with E-state index in [0.29, 0.717) is 27.3 Å². The molecule has 0 fully saturated rings. The zero-order chi connectivity index (χ0) is 20.5. The molecule has 4 N–H and O–H groups in total. The van der Waals surface area contributed by atoms with Crippen molar-refractivity contribution >= 4 is 55.3 Å². The van der Waals surface area contributed by atoms with Gasteiger partial charge in [-0.25, -0.2) is 18.4 Å². The van der Waals surface area contributed by atoms with Crippen molar-refractivity contribution in [2.75, 3.05) is 17.7 Å². The Morgan fingerprint density at radius 2 is 1.96 bits per heavy atom. The minimum atomic E-state index is -3.75. The van der Waals surface area contributed by atoms with E-state index in [1.807, 2.05) is 0 Å². The molecule has 0 saturated heterocycles. The van der Waals surface area contributed by atoms with E-state index in [-0.39, 0.29) is 10.9 Å². The van der Waals surface area contributed by atoms with Crippen molar-refractivity contribution < 1.29 is 17.9 Å². The molecule has 0 amide bonds. The van der Waals surface area contributed by atoms with Crippen molar-refractivity contribution in [3.05, 3.63) is 40.3 Å². The molecule has 0 aliphatic heterocycles. The fourth-order valence-electron chi connectivity index (χ4n) is 3.15. The quantitative estimate of drug-likeness (QED) is 0.496. The lowest BCUT2D eigenvalue weighted by Crippen LogP contribution is -2.20. The highest BCUT2D eigenvalue weighted by Crippen LogP contribution is 2.40. The zero-order valence-electron chi connectivity index (χ0n) is 15.4.